The normalized spacial score (nSPS) is 13.0. The summed E-state index contributed by atoms with van der Waals surface area (Å²) in [5.74, 6) is -2.33. The number of amides is 1. The molecule has 3 N–H and O–H groups in total. The third-order valence-corrected chi connectivity index (χ3v) is 3.57. The number of nitrogens with zero attached hydrogens (tertiary/aromatic N) is 1. The number of nitriles is 1. The van der Waals surface area contributed by atoms with Gasteiger partial charge >= 0.3 is 12.1 Å². The molecule has 1 atom stereocenters. The Morgan fingerprint density at radius 3 is 2.48 bits per heavy atom. The molecule has 1 amide bonds. The number of nitrogens with one attached hydrogen (secondary N) is 2. The van der Waals surface area contributed by atoms with E-state index in [1.54, 1.807) is 13.8 Å². The van der Waals surface area contributed by atoms with Gasteiger partial charge in [0.2, 0.25) is 0 Å². The van der Waals surface area contributed by atoms with E-state index < -0.39 is 40.9 Å². The van der Waals surface area contributed by atoms with Crippen molar-refractivity contribution in [2.45, 2.75) is 32.5 Å². The number of carbonyl (C=O) groups excluding carboxylic acids is 1. The minimum atomic E-state index is -4.71. The van der Waals surface area contributed by atoms with Gasteiger partial charge in [-0.05, 0) is 30.5 Å². The molecule has 0 aliphatic heterocycles. The topological polar surface area (TPSA) is 102 Å². The largest absolute Gasteiger partial charge is 0.480 e. The van der Waals surface area contributed by atoms with Gasteiger partial charge in [-0.25, -0.2) is 4.79 Å². The quantitative estimate of drug-likeness (QED) is 0.475. The molecule has 146 valence electrons. The molecule has 1 aromatic rings. The highest BCUT2D eigenvalue weighted by molar-refractivity contribution is 6.30. The second kappa shape index (κ2) is 9.28. The molecule has 0 radical (unpaired) electrons. The van der Waals surface area contributed by atoms with E-state index in [0.717, 1.165) is 12.3 Å². The predicted molar refractivity (Wildman–Crippen MR) is 92.8 cm³/mol. The number of carboxylic acid groups (broad SMARTS) is 1. The zero-order chi connectivity index (χ0) is 20.8. The maximum absolute atomic E-state index is 13.0. The van der Waals surface area contributed by atoms with Crippen LogP contribution in [0.2, 0.25) is 5.02 Å². The minimum absolute atomic E-state index is 0.0394. The number of halogens is 4. The van der Waals surface area contributed by atoms with Crippen LogP contribution in [0, 0.1) is 17.2 Å². The fourth-order valence-corrected chi connectivity index (χ4v) is 2.28. The number of hydrogen-bond donors (Lipinski definition) is 3. The molecule has 10 heteroatoms. The zero-order valence-electron chi connectivity index (χ0n) is 14.4. The Kier molecular flexibility index (Phi) is 7.67. The van der Waals surface area contributed by atoms with E-state index in [4.69, 9.17) is 22.0 Å². The Labute approximate surface area is 158 Å². The standard InChI is InChI=1S/C17H17ClF3N3O3/c1-9(2)5-14(16(26)27)24-15(25)10(7-22)8-23-13-4-3-11(18)6-12(13)17(19,20)21/h3-4,6,8-9,14,23H,5H2,1-2H3,(H,24,25)(H,26,27)/b10-8-. The number of anilines is 1. The number of hydrogen-bond acceptors (Lipinski definition) is 4. The van der Waals surface area contributed by atoms with Gasteiger partial charge in [-0.1, -0.05) is 25.4 Å². The summed E-state index contributed by atoms with van der Waals surface area (Å²) in [6.07, 6.45) is -3.80. The summed E-state index contributed by atoms with van der Waals surface area (Å²) in [7, 11) is 0. The second-order valence-electron chi connectivity index (χ2n) is 6.00. The number of aliphatic carboxylic acids is 1. The lowest BCUT2D eigenvalue weighted by Gasteiger charge is -2.16. The second-order valence-corrected chi connectivity index (χ2v) is 6.43. The summed E-state index contributed by atoms with van der Waals surface area (Å²) in [5, 5.41) is 22.5. The van der Waals surface area contributed by atoms with Crippen LogP contribution in [0.15, 0.2) is 30.0 Å². The van der Waals surface area contributed by atoms with Crippen LogP contribution in [-0.4, -0.2) is 23.0 Å². The van der Waals surface area contributed by atoms with E-state index in [-0.39, 0.29) is 17.4 Å². The first-order valence-electron chi connectivity index (χ1n) is 7.73. The molecule has 6 nitrogen and oxygen atoms in total. The molecule has 0 heterocycles. The first-order chi connectivity index (χ1) is 12.5. The lowest BCUT2D eigenvalue weighted by Crippen LogP contribution is -2.42. The van der Waals surface area contributed by atoms with Gasteiger partial charge in [-0.2, -0.15) is 18.4 Å². The third-order valence-electron chi connectivity index (χ3n) is 3.33. The Morgan fingerprint density at radius 2 is 2.00 bits per heavy atom. The summed E-state index contributed by atoms with van der Waals surface area (Å²) in [5.41, 5.74) is -2.07. The molecule has 0 aliphatic carbocycles. The van der Waals surface area contributed by atoms with Crippen LogP contribution in [0.25, 0.3) is 0 Å². The van der Waals surface area contributed by atoms with Crippen LogP contribution >= 0.6 is 11.6 Å². The van der Waals surface area contributed by atoms with E-state index in [0.29, 0.717) is 6.07 Å². The molecule has 0 aliphatic rings. The first-order valence-corrected chi connectivity index (χ1v) is 8.10. The molecule has 0 aromatic heterocycles. The van der Waals surface area contributed by atoms with Gasteiger partial charge in [0.15, 0.2) is 0 Å². The number of benzene rings is 1. The lowest BCUT2D eigenvalue weighted by atomic mass is 10.0. The minimum Gasteiger partial charge on any atom is -0.480 e. The van der Waals surface area contributed by atoms with E-state index >= 15 is 0 Å². The van der Waals surface area contributed by atoms with Crippen LogP contribution in [0.1, 0.15) is 25.8 Å². The monoisotopic (exact) mass is 403 g/mol. The average molecular weight is 404 g/mol. The lowest BCUT2D eigenvalue weighted by molar-refractivity contribution is -0.141. The summed E-state index contributed by atoms with van der Waals surface area (Å²) < 4.78 is 39.1. The summed E-state index contributed by atoms with van der Waals surface area (Å²) in [4.78, 5) is 23.3. The van der Waals surface area contributed by atoms with Gasteiger partial charge in [0.1, 0.15) is 17.7 Å². The van der Waals surface area contributed by atoms with E-state index in [9.17, 15) is 22.8 Å². The van der Waals surface area contributed by atoms with Crippen LogP contribution < -0.4 is 10.6 Å². The van der Waals surface area contributed by atoms with Gasteiger partial charge in [0.25, 0.3) is 5.91 Å². The van der Waals surface area contributed by atoms with Crippen molar-refractivity contribution in [2.24, 2.45) is 5.92 Å². The van der Waals surface area contributed by atoms with Crippen molar-refractivity contribution in [3.05, 3.63) is 40.6 Å². The van der Waals surface area contributed by atoms with Crippen molar-refractivity contribution in [2.75, 3.05) is 5.32 Å². The van der Waals surface area contributed by atoms with Crippen molar-refractivity contribution in [3.63, 3.8) is 0 Å². The molecule has 0 bridgehead atoms. The summed E-state index contributed by atoms with van der Waals surface area (Å²) in [6, 6.07) is 3.26. The van der Waals surface area contributed by atoms with E-state index in [1.807, 2.05) is 0 Å². The molecule has 0 fully saturated rings. The van der Waals surface area contributed by atoms with Crippen molar-refractivity contribution in [1.29, 1.82) is 5.26 Å². The van der Waals surface area contributed by atoms with Gasteiger partial charge in [0, 0.05) is 11.2 Å². The zero-order valence-corrected chi connectivity index (χ0v) is 15.1. The molecular weight excluding hydrogens is 387 g/mol. The fraction of sp³-hybridized carbons (Fsp3) is 0.353. The molecule has 0 spiro atoms. The van der Waals surface area contributed by atoms with Crippen LogP contribution in [0.3, 0.4) is 0 Å². The van der Waals surface area contributed by atoms with E-state index in [2.05, 4.69) is 10.6 Å². The Morgan fingerprint density at radius 1 is 1.37 bits per heavy atom. The number of alkyl halides is 3. The summed E-state index contributed by atoms with van der Waals surface area (Å²) >= 11 is 5.58. The van der Waals surface area contributed by atoms with Gasteiger partial charge in [-0.15, -0.1) is 0 Å². The molecule has 27 heavy (non-hydrogen) atoms. The van der Waals surface area contributed by atoms with Crippen molar-refractivity contribution in [1.82, 2.24) is 5.32 Å². The molecule has 1 aromatic carbocycles. The third kappa shape index (κ3) is 6.83. The highest BCUT2D eigenvalue weighted by Gasteiger charge is 2.33. The summed E-state index contributed by atoms with van der Waals surface area (Å²) in [6.45, 7) is 3.51. The van der Waals surface area contributed by atoms with Crippen molar-refractivity contribution in [3.8, 4) is 6.07 Å². The smallest absolute Gasteiger partial charge is 0.418 e. The van der Waals surface area contributed by atoms with Gasteiger partial charge in [0.05, 0.1) is 11.3 Å². The highest BCUT2D eigenvalue weighted by atomic mass is 35.5. The number of carboxylic acids is 1. The van der Waals surface area contributed by atoms with Crippen LogP contribution in [0.5, 0.6) is 0 Å². The Bertz CT molecular complexity index is 786. The van der Waals surface area contributed by atoms with Gasteiger partial charge in [-0.3, -0.25) is 4.79 Å². The molecule has 1 rings (SSSR count). The number of rotatable bonds is 7. The molecular formula is C17H17ClF3N3O3. The Hall–Kier alpha value is -2.73. The van der Waals surface area contributed by atoms with Crippen LogP contribution in [0.4, 0.5) is 18.9 Å². The van der Waals surface area contributed by atoms with Crippen molar-refractivity contribution < 1.29 is 27.9 Å². The predicted octanol–water partition coefficient (Wildman–Crippen LogP) is 3.79. The average Bonchev–Trinajstić information content (AvgIpc) is 2.54. The number of carbonyl (C=O) groups is 2. The molecule has 0 saturated heterocycles. The SMILES string of the molecule is CC(C)CC(NC(=O)/C(C#N)=C\Nc1ccc(Cl)cc1C(F)(F)F)C(=O)O. The maximum atomic E-state index is 13.0. The molecule has 1 unspecified atom stereocenters. The van der Waals surface area contributed by atoms with E-state index in [1.165, 1.54) is 12.1 Å². The maximum Gasteiger partial charge on any atom is 0.418 e. The van der Waals surface area contributed by atoms with Gasteiger partial charge < -0.3 is 15.7 Å². The first kappa shape index (κ1) is 22.3. The van der Waals surface area contributed by atoms with Crippen LogP contribution in [-0.2, 0) is 15.8 Å². The fourth-order valence-electron chi connectivity index (χ4n) is 2.10. The molecule has 0 saturated carbocycles. The Balaban J connectivity index is 3.04. The van der Waals surface area contributed by atoms with Crippen molar-refractivity contribution >= 4 is 29.2 Å². The highest BCUT2D eigenvalue weighted by Crippen LogP contribution is 2.36.